The number of rotatable bonds is 3. The lowest BCUT2D eigenvalue weighted by atomic mass is 9.97. The standard InChI is InChI=1S/C11H21N/c1-8(2)12-11-5-3-4-10(11)9-6-7-9/h8-12H,3-7H2,1-2H3. The quantitative estimate of drug-likeness (QED) is 0.681. The highest BCUT2D eigenvalue weighted by molar-refractivity contribution is 4.93. The van der Waals surface area contributed by atoms with Gasteiger partial charge in [-0.25, -0.2) is 0 Å². The first-order chi connectivity index (χ1) is 5.77. The summed E-state index contributed by atoms with van der Waals surface area (Å²) >= 11 is 0. The molecule has 2 saturated carbocycles. The lowest BCUT2D eigenvalue weighted by molar-refractivity contribution is 0.342. The third-order valence-corrected chi connectivity index (χ3v) is 3.34. The fourth-order valence-electron chi connectivity index (χ4n) is 2.71. The molecule has 0 aromatic rings. The molecule has 2 atom stereocenters. The van der Waals surface area contributed by atoms with Crippen molar-refractivity contribution in [3.8, 4) is 0 Å². The predicted octanol–water partition coefficient (Wildman–Crippen LogP) is 2.56. The average Bonchev–Trinajstić information content (AvgIpc) is 2.73. The molecule has 0 heterocycles. The first-order valence-corrected chi connectivity index (χ1v) is 5.53. The number of nitrogens with one attached hydrogen (secondary N) is 1. The molecular weight excluding hydrogens is 146 g/mol. The minimum atomic E-state index is 0.675. The Hall–Kier alpha value is -0.0400. The van der Waals surface area contributed by atoms with E-state index in [0.717, 1.165) is 17.9 Å². The summed E-state index contributed by atoms with van der Waals surface area (Å²) in [7, 11) is 0. The largest absolute Gasteiger partial charge is 0.311 e. The van der Waals surface area contributed by atoms with Crippen LogP contribution in [0.1, 0.15) is 46.0 Å². The second-order valence-electron chi connectivity index (χ2n) is 4.86. The predicted molar refractivity (Wildman–Crippen MR) is 52.1 cm³/mol. The van der Waals surface area contributed by atoms with E-state index in [4.69, 9.17) is 0 Å². The van der Waals surface area contributed by atoms with Crippen molar-refractivity contribution in [2.75, 3.05) is 0 Å². The van der Waals surface area contributed by atoms with Crippen molar-refractivity contribution in [3.05, 3.63) is 0 Å². The summed E-state index contributed by atoms with van der Waals surface area (Å²) in [4.78, 5) is 0. The van der Waals surface area contributed by atoms with Crippen LogP contribution in [0.5, 0.6) is 0 Å². The molecule has 1 N–H and O–H groups in total. The maximum Gasteiger partial charge on any atom is 0.0100 e. The van der Waals surface area contributed by atoms with Gasteiger partial charge >= 0.3 is 0 Å². The van der Waals surface area contributed by atoms with E-state index in [1.54, 1.807) is 0 Å². The Morgan fingerprint density at radius 3 is 2.42 bits per heavy atom. The Balaban J connectivity index is 1.85. The normalized spacial score (nSPS) is 36.2. The van der Waals surface area contributed by atoms with Gasteiger partial charge in [0.1, 0.15) is 0 Å². The zero-order chi connectivity index (χ0) is 8.55. The van der Waals surface area contributed by atoms with E-state index in [0.29, 0.717) is 6.04 Å². The molecule has 0 radical (unpaired) electrons. The Labute approximate surface area is 75.9 Å². The van der Waals surface area contributed by atoms with Gasteiger partial charge < -0.3 is 5.32 Å². The lowest BCUT2D eigenvalue weighted by Gasteiger charge is -2.22. The summed E-state index contributed by atoms with van der Waals surface area (Å²) in [6.45, 7) is 4.53. The molecule has 0 saturated heterocycles. The molecule has 0 bridgehead atoms. The highest BCUT2D eigenvalue weighted by atomic mass is 15.0. The summed E-state index contributed by atoms with van der Waals surface area (Å²) in [5, 5.41) is 3.71. The third kappa shape index (κ3) is 1.82. The summed E-state index contributed by atoms with van der Waals surface area (Å²) in [6, 6.07) is 1.53. The summed E-state index contributed by atoms with van der Waals surface area (Å²) < 4.78 is 0. The molecule has 0 spiro atoms. The number of hydrogen-bond donors (Lipinski definition) is 1. The second kappa shape index (κ2) is 3.37. The van der Waals surface area contributed by atoms with Crippen LogP contribution in [-0.4, -0.2) is 12.1 Å². The van der Waals surface area contributed by atoms with Crippen LogP contribution in [0.4, 0.5) is 0 Å². The molecule has 70 valence electrons. The van der Waals surface area contributed by atoms with E-state index in [2.05, 4.69) is 19.2 Å². The Morgan fingerprint density at radius 1 is 1.08 bits per heavy atom. The molecule has 2 aliphatic carbocycles. The molecular formula is C11H21N. The fourth-order valence-corrected chi connectivity index (χ4v) is 2.71. The SMILES string of the molecule is CC(C)NC1CCCC1C1CC1. The van der Waals surface area contributed by atoms with Crippen LogP contribution in [0.3, 0.4) is 0 Å². The van der Waals surface area contributed by atoms with Gasteiger partial charge in [-0.1, -0.05) is 20.3 Å². The van der Waals surface area contributed by atoms with Gasteiger partial charge in [-0.05, 0) is 37.5 Å². The van der Waals surface area contributed by atoms with E-state index in [-0.39, 0.29) is 0 Å². The van der Waals surface area contributed by atoms with Crippen molar-refractivity contribution in [1.82, 2.24) is 5.32 Å². The molecule has 2 unspecified atom stereocenters. The van der Waals surface area contributed by atoms with Gasteiger partial charge in [-0.15, -0.1) is 0 Å². The minimum absolute atomic E-state index is 0.675. The van der Waals surface area contributed by atoms with Crippen LogP contribution < -0.4 is 5.32 Å². The van der Waals surface area contributed by atoms with E-state index in [9.17, 15) is 0 Å². The van der Waals surface area contributed by atoms with Crippen molar-refractivity contribution >= 4 is 0 Å². The molecule has 1 nitrogen and oxygen atoms in total. The summed E-state index contributed by atoms with van der Waals surface area (Å²) in [5.74, 6) is 2.14. The highest BCUT2D eigenvalue weighted by Crippen LogP contribution is 2.45. The highest BCUT2D eigenvalue weighted by Gasteiger charge is 2.38. The molecule has 0 amide bonds. The van der Waals surface area contributed by atoms with E-state index >= 15 is 0 Å². The molecule has 0 aliphatic heterocycles. The van der Waals surface area contributed by atoms with Crippen LogP contribution in [-0.2, 0) is 0 Å². The molecule has 0 aromatic heterocycles. The Bertz CT molecular complexity index is 149. The molecule has 2 fully saturated rings. The van der Waals surface area contributed by atoms with Crippen molar-refractivity contribution in [3.63, 3.8) is 0 Å². The van der Waals surface area contributed by atoms with Crippen molar-refractivity contribution in [2.24, 2.45) is 11.8 Å². The zero-order valence-electron chi connectivity index (χ0n) is 8.34. The molecule has 12 heavy (non-hydrogen) atoms. The van der Waals surface area contributed by atoms with E-state index in [1.807, 2.05) is 0 Å². The van der Waals surface area contributed by atoms with Gasteiger partial charge in [0.25, 0.3) is 0 Å². The van der Waals surface area contributed by atoms with Crippen molar-refractivity contribution < 1.29 is 0 Å². The second-order valence-corrected chi connectivity index (χ2v) is 4.86. The van der Waals surface area contributed by atoms with Crippen molar-refractivity contribution in [2.45, 2.75) is 58.0 Å². The van der Waals surface area contributed by atoms with Gasteiger partial charge in [0.15, 0.2) is 0 Å². The van der Waals surface area contributed by atoms with Crippen LogP contribution in [0.25, 0.3) is 0 Å². The zero-order valence-corrected chi connectivity index (χ0v) is 8.34. The van der Waals surface area contributed by atoms with Crippen LogP contribution in [0.2, 0.25) is 0 Å². The molecule has 2 rings (SSSR count). The minimum Gasteiger partial charge on any atom is -0.311 e. The van der Waals surface area contributed by atoms with Crippen molar-refractivity contribution in [1.29, 1.82) is 0 Å². The third-order valence-electron chi connectivity index (χ3n) is 3.34. The van der Waals surface area contributed by atoms with Gasteiger partial charge in [-0.2, -0.15) is 0 Å². The smallest absolute Gasteiger partial charge is 0.0100 e. The first kappa shape index (κ1) is 8.55. The van der Waals surface area contributed by atoms with Crippen LogP contribution >= 0.6 is 0 Å². The Morgan fingerprint density at radius 2 is 1.83 bits per heavy atom. The summed E-state index contributed by atoms with van der Waals surface area (Å²) in [6.07, 6.45) is 7.42. The van der Waals surface area contributed by atoms with Crippen LogP contribution in [0.15, 0.2) is 0 Å². The Kier molecular flexibility index (Phi) is 2.40. The topological polar surface area (TPSA) is 12.0 Å². The van der Waals surface area contributed by atoms with Gasteiger partial charge in [0.05, 0.1) is 0 Å². The number of hydrogen-bond acceptors (Lipinski definition) is 1. The average molecular weight is 167 g/mol. The van der Waals surface area contributed by atoms with E-state index < -0.39 is 0 Å². The first-order valence-electron chi connectivity index (χ1n) is 5.53. The molecule has 0 aromatic carbocycles. The van der Waals surface area contributed by atoms with Gasteiger partial charge in [-0.3, -0.25) is 0 Å². The molecule has 1 heteroatoms. The monoisotopic (exact) mass is 167 g/mol. The van der Waals surface area contributed by atoms with Crippen LogP contribution in [0, 0.1) is 11.8 Å². The van der Waals surface area contributed by atoms with Gasteiger partial charge in [0, 0.05) is 12.1 Å². The fraction of sp³-hybridized carbons (Fsp3) is 1.00. The molecule has 2 aliphatic rings. The lowest BCUT2D eigenvalue weighted by Crippen LogP contribution is -2.37. The maximum absolute atomic E-state index is 3.71. The maximum atomic E-state index is 3.71. The van der Waals surface area contributed by atoms with E-state index in [1.165, 1.54) is 32.1 Å². The van der Waals surface area contributed by atoms with Gasteiger partial charge in [0.2, 0.25) is 0 Å². The summed E-state index contributed by atoms with van der Waals surface area (Å²) in [5.41, 5.74) is 0.